The molecule has 3 aromatic rings. The number of amidine groups is 1. The summed E-state index contributed by atoms with van der Waals surface area (Å²) in [6, 6.07) is 21.7. The molecule has 3 aliphatic heterocycles. The highest BCUT2D eigenvalue weighted by Gasteiger charge is 2.47. The molecule has 0 aromatic heterocycles. The third kappa shape index (κ3) is 12.0. The van der Waals surface area contributed by atoms with Crippen molar-refractivity contribution in [3.63, 3.8) is 0 Å². The van der Waals surface area contributed by atoms with Crippen molar-refractivity contribution in [2.45, 2.75) is 81.8 Å². The van der Waals surface area contributed by atoms with Gasteiger partial charge in [0.25, 0.3) is 0 Å². The molecule has 0 spiro atoms. The second-order valence-electron chi connectivity index (χ2n) is 15.3. The van der Waals surface area contributed by atoms with Crippen LogP contribution in [0.15, 0.2) is 91.0 Å². The fourth-order valence-electron chi connectivity index (χ4n) is 7.72. The number of nitrogens with zero attached hydrogens (tertiary/aromatic N) is 3. The average molecular weight is 854 g/mol. The summed E-state index contributed by atoms with van der Waals surface area (Å²) >= 11 is 0. The van der Waals surface area contributed by atoms with Crippen LogP contribution in [0, 0.1) is 5.41 Å². The van der Waals surface area contributed by atoms with E-state index in [1.807, 2.05) is 18.2 Å². The lowest BCUT2D eigenvalue weighted by atomic mass is 10.1. The zero-order valence-electron chi connectivity index (χ0n) is 34.0. The van der Waals surface area contributed by atoms with E-state index >= 15 is 0 Å². The van der Waals surface area contributed by atoms with Crippen molar-refractivity contribution in [2.24, 2.45) is 5.73 Å². The SMILES string of the molecule is N=C(N)CCNC(=O)[C@H]1C[C@H](NC(=O)[C@H]2C[C@H](NC(=O)C3C[C@H](NC=O)CN3C(=O)OCc3ccccc3)CN2C(=O)OCc2ccccc2)CN1C(=O)OCc1ccccc1. The molecule has 3 aliphatic rings. The fourth-order valence-corrected chi connectivity index (χ4v) is 7.72. The van der Waals surface area contributed by atoms with E-state index in [2.05, 4.69) is 21.3 Å². The molecule has 3 aromatic carbocycles. The molecule has 3 saturated heterocycles. The number of carbonyl (C=O) groups is 7. The third-order valence-corrected chi connectivity index (χ3v) is 10.8. The molecule has 0 bridgehead atoms. The predicted molar refractivity (Wildman–Crippen MR) is 222 cm³/mol. The Morgan fingerprint density at radius 1 is 0.581 bits per heavy atom. The molecule has 19 heteroatoms. The van der Waals surface area contributed by atoms with E-state index < -0.39 is 72.3 Å². The molecule has 0 radical (unpaired) electrons. The molecule has 19 nitrogen and oxygen atoms in total. The Hall–Kier alpha value is -7.18. The van der Waals surface area contributed by atoms with Crippen molar-refractivity contribution >= 4 is 48.2 Å². The topological polar surface area (TPSA) is 255 Å². The first-order valence-electron chi connectivity index (χ1n) is 20.3. The van der Waals surface area contributed by atoms with Crippen molar-refractivity contribution in [1.29, 1.82) is 5.41 Å². The lowest BCUT2D eigenvalue weighted by Crippen LogP contribution is -2.50. The summed E-state index contributed by atoms with van der Waals surface area (Å²) in [5.41, 5.74) is 7.65. The van der Waals surface area contributed by atoms with Gasteiger partial charge in [0.1, 0.15) is 37.9 Å². The Morgan fingerprint density at radius 2 is 0.935 bits per heavy atom. The van der Waals surface area contributed by atoms with Gasteiger partial charge in [-0.05, 0) is 36.0 Å². The molecular weight excluding hydrogens is 803 g/mol. The zero-order valence-corrected chi connectivity index (χ0v) is 34.0. The lowest BCUT2D eigenvalue weighted by molar-refractivity contribution is -0.127. The molecular formula is C43H51N9O10. The summed E-state index contributed by atoms with van der Waals surface area (Å²) < 4.78 is 16.7. The number of benzene rings is 3. The maximum absolute atomic E-state index is 14.2. The van der Waals surface area contributed by atoms with Crippen molar-refractivity contribution in [3.05, 3.63) is 108 Å². The first-order valence-corrected chi connectivity index (χ1v) is 20.3. The van der Waals surface area contributed by atoms with Gasteiger partial charge in [0.15, 0.2) is 0 Å². The Labute approximate surface area is 358 Å². The van der Waals surface area contributed by atoms with Gasteiger partial charge in [0.2, 0.25) is 24.1 Å². The summed E-state index contributed by atoms with van der Waals surface area (Å²) in [7, 11) is 0. The van der Waals surface area contributed by atoms with Crippen LogP contribution in [-0.2, 0) is 53.2 Å². The molecule has 3 heterocycles. The monoisotopic (exact) mass is 853 g/mol. The van der Waals surface area contributed by atoms with Gasteiger partial charge in [-0.2, -0.15) is 0 Å². The number of rotatable bonds is 16. The molecule has 6 rings (SSSR count). The minimum absolute atomic E-state index is 0.0112. The van der Waals surface area contributed by atoms with Gasteiger partial charge in [-0.25, -0.2) is 14.4 Å². The lowest BCUT2D eigenvalue weighted by Gasteiger charge is -2.25. The number of carbonyl (C=O) groups excluding carboxylic acids is 7. The Balaban J connectivity index is 1.14. The predicted octanol–water partition coefficient (Wildman–Crippen LogP) is 1.75. The van der Waals surface area contributed by atoms with Gasteiger partial charge in [-0.15, -0.1) is 0 Å². The summed E-state index contributed by atoms with van der Waals surface area (Å²) in [4.78, 5) is 96.8. The van der Waals surface area contributed by atoms with E-state index in [-0.39, 0.29) is 77.5 Å². The summed E-state index contributed by atoms with van der Waals surface area (Å²) in [6.07, 6.45) is -1.67. The number of nitrogens with two attached hydrogens (primary N) is 1. The van der Waals surface area contributed by atoms with Crippen LogP contribution in [-0.4, -0.2) is 125 Å². The van der Waals surface area contributed by atoms with Crippen molar-refractivity contribution < 1.29 is 47.8 Å². The van der Waals surface area contributed by atoms with Crippen LogP contribution in [0.3, 0.4) is 0 Å². The highest BCUT2D eigenvalue weighted by Crippen LogP contribution is 2.26. The van der Waals surface area contributed by atoms with E-state index in [1.165, 1.54) is 14.7 Å². The average Bonchev–Trinajstić information content (AvgIpc) is 4.03. The zero-order chi connectivity index (χ0) is 44.0. The smallest absolute Gasteiger partial charge is 0.410 e. The Bertz CT molecular complexity index is 2060. The number of amides is 7. The minimum Gasteiger partial charge on any atom is -0.445 e. The Kier molecular flexibility index (Phi) is 15.3. The van der Waals surface area contributed by atoms with Gasteiger partial charge in [-0.1, -0.05) is 91.0 Å². The number of hydrogen-bond acceptors (Lipinski definition) is 11. The van der Waals surface area contributed by atoms with Gasteiger partial charge in [0, 0.05) is 50.7 Å². The van der Waals surface area contributed by atoms with Crippen molar-refractivity contribution in [1.82, 2.24) is 36.0 Å². The molecule has 7 N–H and O–H groups in total. The first kappa shape index (κ1) is 44.4. The van der Waals surface area contributed by atoms with Gasteiger partial charge in [0.05, 0.1) is 5.84 Å². The van der Waals surface area contributed by atoms with Gasteiger partial charge >= 0.3 is 18.3 Å². The third-order valence-electron chi connectivity index (χ3n) is 10.8. The minimum atomic E-state index is -1.15. The van der Waals surface area contributed by atoms with Gasteiger partial charge in [-0.3, -0.25) is 39.3 Å². The normalized spacial score (nSPS) is 21.6. The maximum Gasteiger partial charge on any atom is 0.410 e. The van der Waals surface area contributed by atoms with Crippen LogP contribution in [0.5, 0.6) is 0 Å². The number of ether oxygens (including phenoxy) is 3. The van der Waals surface area contributed by atoms with E-state index in [4.69, 9.17) is 25.4 Å². The number of hydrogen-bond donors (Lipinski definition) is 6. The second kappa shape index (κ2) is 21.4. The second-order valence-corrected chi connectivity index (χ2v) is 15.3. The largest absolute Gasteiger partial charge is 0.445 e. The summed E-state index contributed by atoms with van der Waals surface area (Å²) in [6.45, 7) is -0.307. The van der Waals surface area contributed by atoms with Crippen LogP contribution in [0.1, 0.15) is 42.4 Å². The maximum atomic E-state index is 14.2. The molecule has 6 atom stereocenters. The van der Waals surface area contributed by atoms with Gasteiger partial charge < -0.3 is 41.2 Å². The Morgan fingerprint density at radius 3 is 1.31 bits per heavy atom. The van der Waals surface area contributed by atoms with E-state index in [1.54, 1.807) is 72.8 Å². The number of likely N-dealkylation sites (tertiary alicyclic amines) is 3. The van der Waals surface area contributed by atoms with E-state index in [0.29, 0.717) is 12.0 Å². The quantitative estimate of drug-likeness (QED) is 0.0524. The van der Waals surface area contributed by atoms with E-state index in [0.717, 1.165) is 11.1 Å². The van der Waals surface area contributed by atoms with Crippen molar-refractivity contribution in [2.75, 3.05) is 26.2 Å². The highest BCUT2D eigenvalue weighted by molar-refractivity contribution is 5.90. The summed E-state index contributed by atoms with van der Waals surface area (Å²) in [5.74, 6) is -1.83. The van der Waals surface area contributed by atoms with Crippen LogP contribution in [0.4, 0.5) is 14.4 Å². The van der Waals surface area contributed by atoms with Crippen LogP contribution < -0.4 is 27.0 Å². The van der Waals surface area contributed by atoms with Crippen LogP contribution in [0.2, 0.25) is 0 Å². The van der Waals surface area contributed by atoms with E-state index in [9.17, 15) is 33.6 Å². The molecule has 0 aliphatic carbocycles. The molecule has 1 unspecified atom stereocenters. The van der Waals surface area contributed by atoms with Crippen LogP contribution in [0.25, 0.3) is 0 Å². The fraction of sp³-hybridized carbons (Fsp3) is 0.395. The number of nitrogens with one attached hydrogen (secondary N) is 5. The molecule has 328 valence electrons. The summed E-state index contributed by atoms with van der Waals surface area (Å²) in [5, 5.41) is 18.6. The molecule has 7 amide bonds. The molecule has 3 fully saturated rings. The van der Waals surface area contributed by atoms with Crippen molar-refractivity contribution in [3.8, 4) is 0 Å². The van der Waals surface area contributed by atoms with Crippen LogP contribution >= 0.6 is 0 Å². The highest BCUT2D eigenvalue weighted by atomic mass is 16.6. The standard InChI is InChI=1S/C43H51N9O10/c44-37(45)16-17-46-38(54)34-19-32(22-51(34)42(58)61-25-29-12-6-2-7-13-29)48-40(56)36-20-33(23-52(36)43(59)62-26-30-14-8-3-9-15-30)49-39(55)35-18-31(47-27-53)21-50(35)41(57)60-24-28-10-4-1-5-11-28/h1-15,27,31-36H,16-26H2,(H3,44,45)(H,46,54)(H,47,53)(H,48,56)(H,49,55)/t31-,32-,33-,34+,35?,36+/m0/s1. The molecule has 0 saturated carbocycles. The molecule has 62 heavy (non-hydrogen) atoms. The first-order chi connectivity index (χ1) is 30.0.